The molecule has 2 N–H and O–H groups in total. The molecule has 1 aromatic carbocycles. The molecule has 0 aromatic heterocycles. The molecular formula is C17H22N2O6S. The number of nitrogens with one attached hydrogen (secondary N) is 1. The van der Waals surface area contributed by atoms with Crippen LogP contribution in [0.4, 0.5) is 0 Å². The second kappa shape index (κ2) is 7.45. The largest absolute Gasteiger partial charge is 0.481 e. The van der Waals surface area contributed by atoms with E-state index in [1.165, 1.54) is 12.1 Å². The van der Waals surface area contributed by atoms with Crippen LogP contribution in [0.1, 0.15) is 54.3 Å². The maximum atomic E-state index is 12.5. The lowest BCUT2D eigenvalue weighted by Crippen LogP contribution is -2.36. The summed E-state index contributed by atoms with van der Waals surface area (Å²) in [7, 11) is -3.99. The molecule has 1 aliphatic rings. The minimum Gasteiger partial charge on any atom is -0.481 e. The molecule has 0 spiro atoms. The van der Waals surface area contributed by atoms with Crippen molar-refractivity contribution in [2.75, 3.05) is 6.54 Å². The third-order valence-corrected chi connectivity index (χ3v) is 6.17. The number of carboxylic acid groups (broad SMARTS) is 1. The molecule has 0 saturated carbocycles. The van der Waals surface area contributed by atoms with Crippen LogP contribution in [0.5, 0.6) is 0 Å². The number of hydrogen-bond donors (Lipinski definition) is 2. The average Bonchev–Trinajstić information content (AvgIpc) is 2.76. The number of aliphatic carboxylic acids is 1. The molecule has 2 amide bonds. The van der Waals surface area contributed by atoms with Gasteiger partial charge in [0.25, 0.3) is 21.8 Å². The Balaban J connectivity index is 2.25. The van der Waals surface area contributed by atoms with Gasteiger partial charge in [-0.05, 0) is 38.5 Å². The van der Waals surface area contributed by atoms with Crippen LogP contribution in [0.25, 0.3) is 0 Å². The Morgan fingerprint density at radius 2 is 1.92 bits per heavy atom. The van der Waals surface area contributed by atoms with Crippen LogP contribution in [-0.2, 0) is 14.8 Å². The van der Waals surface area contributed by atoms with Gasteiger partial charge in [-0.3, -0.25) is 14.4 Å². The SMILES string of the molecule is CCCC(CNC(=O)c1ccc2c(c1)S(=O)(=O)N(C(C)C)C2=O)C(=O)O. The summed E-state index contributed by atoms with van der Waals surface area (Å²) in [5.41, 5.74) is 0.0935. The van der Waals surface area contributed by atoms with Gasteiger partial charge >= 0.3 is 5.97 Å². The number of fused-ring (bicyclic) bond motifs is 1. The Morgan fingerprint density at radius 3 is 2.46 bits per heavy atom. The Bertz CT molecular complexity index is 847. The quantitative estimate of drug-likeness (QED) is 0.737. The predicted molar refractivity (Wildman–Crippen MR) is 93.3 cm³/mol. The highest BCUT2D eigenvalue weighted by atomic mass is 32.2. The third-order valence-electron chi connectivity index (χ3n) is 4.18. The molecular weight excluding hydrogens is 360 g/mol. The van der Waals surface area contributed by atoms with Crippen LogP contribution in [-0.4, -0.2) is 48.2 Å². The molecule has 8 nitrogen and oxygen atoms in total. The molecule has 1 aliphatic heterocycles. The number of carboxylic acids is 1. The lowest BCUT2D eigenvalue weighted by atomic mass is 10.0. The zero-order valence-electron chi connectivity index (χ0n) is 14.9. The number of carbonyl (C=O) groups is 3. The number of amides is 2. The van der Waals surface area contributed by atoms with Crippen LogP contribution in [0.15, 0.2) is 23.1 Å². The number of nitrogens with zero attached hydrogens (tertiary/aromatic N) is 1. The van der Waals surface area contributed by atoms with Gasteiger partial charge in [-0.25, -0.2) is 12.7 Å². The van der Waals surface area contributed by atoms with Crippen LogP contribution in [0.3, 0.4) is 0 Å². The van der Waals surface area contributed by atoms with E-state index in [2.05, 4.69) is 5.32 Å². The van der Waals surface area contributed by atoms with Crippen molar-refractivity contribution in [3.05, 3.63) is 29.3 Å². The topological polar surface area (TPSA) is 121 Å². The minimum atomic E-state index is -3.99. The molecule has 142 valence electrons. The first-order valence-electron chi connectivity index (χ1n) is 8.35. The lowest BCUT2D eigenvalue weighted by Gasteiger charge is -2.18. The fourth-order valence-corrected chi connectivity index (χ4v) is 4.67. The van der Waals surface area contributed by atoms with E-state index in [-0.39, 0.29) is 22.6 Å². The maximum absolute atomic E-state index is 12.5. The standard InChI is InChI=1S/C17H22N2O6S/c1-4-5-12(17(22)23)9-18-15(20)11-6-7-13-14(8-11)26(24,25)19(10(2)3)16(13)21/h6-8,10,12H,4-5,9H2,1-3H3,(H,18,20)(H,22,23). The second-order valence-electron chi connectivity index (χ2n) is 6.44. The number of hydrogen-bond acceptors (Lipinski definition) is 5. The molecule has 2 rings (SSSR count). The predicted octanol–water partition coefficient (Wildman–Crippen LogP) is 1.47. The van der Waals surface area contributed by atoms with E-state index in [1.807, 2.05) is 6.92 Å². The highest BCUT2D eigenvalue weighted by molar-refractivity contribution is 7.90. The summed E-state index contributed by atoms with van der Waals surface area (Å²) in [6.07, 6.45) is 1.09. The van der Waals surface area contributed by atoms with E-state index in [1.54, 1.807) is 13.8 Å². The van der Waals surface area contributed by atoms with Crippen molar-refractivity contribution in [3.8, 4) is 0 Å². The maximum Gasteiger partial charge on any atom is 0.308 e. The van der Waals surface area contributed by atoms with E-state index in [4.69, 9.17) is 5.11 Å². The summed E-state index contributed by atoms with van der Waals surface area (Å²) < 4.78 is 25.9. The zero-order valence-corrected chi connectivity index (χ0v) is 15.7. The van der Waals surface area contributed by atoms with E-state index in [0.29, 0.717) is 12.8 Å². The van der Waals surface area contributed by atoms with Gasteiger partial charge in [0, 0.05) is 18.2 Å². The Hall–Kier alpha value is -2.42. The van der Waals surface area contributed by atoms with Crippen molar-refractivity contribution < 1.29 is 27.9 Å². The molecule has 0 fully saturated rings. The van der Waals surface area contributed by atoms with Crippen LogP contribution < -0.4 is 5.32 Å². The first-order chi connectivity index (χ1) is 12.1. The summed E-state index contributed by atoms with van der Waals surface area (Å²) in [6.45, 7) is 4.98. The second-order valence-corrected chi connectivity index (χ2v) is 8.23. The summed E-state index contributed by atoms with van der Waals surface area (Å²) in [5.74, 6) is -2.90. The molecule has 26 heavy (non-hydrogen) atoms. The zero-order chi connectivity index (χ0) is 19.6. The third kappa shape index (κ3) is 3.57. The van der Waals surface area contributed by atoms with E-state index in [0.717, 1.165) is 10.4 Å². The van der Waals surface area contributed by atoms with Gasteiger partial charge in [0.15, 0.2) is 0 Å². The van der Waals surface area contributed by atoms with Gasteiger partial charge in [0.2, 0.25) is 0 Å². The number of carbonyl (C=O) groups excluding carboxylic acids is 2. The van der Waals surface area contributed by atoms with Gasteiger partial charge in [-0.2, -0.15) is 0 Å². The van der Waals surface area contributed by atoms with E-state index >= 15 is 0 Å². The van der Waals surface area contributed by atoms with Crippen molar-refractivity contribution >= 4 is 27.8 Å². The van der Waals surface area contributed by atoms with Crippen molar-refractivity contribution in [2.24, 2.45) is 5.92 Å². The van der Waals surface area contributed by atoms with E-state index < -0.39 is 39.8 Å². The van der Waals surface area contributed by atoms with Gasteiger partial charge in [-0.1, -0.05) is 13.3 Å². The fourth-order valence-electron chi connectivity index (χ4n) is 2.88. The molecule has 0 saturated heterocycles. The Kier molecular flexibility index (Phi) is 5.70. The van der Waals surface area contributed by atoms with Crippen molar-refractivity contribution in [3.63, 3.8) is 0 Å². The van der Waals surface area contributed by atoms with Crippen LogP contribution in [0, 0.1) is 5.92 Å². The van der Waals surface area contributed by atoms with Crippen LogP contribution >= 0.6 is 0 Å². The normalized spacial score (nSPS) is 16.5. The fraction of sp³-hybridized carbons (Fsp3) is 0.471. The van der Waals surface area contributed by atoms with E-state index in [9.17, 15) is 22.8 Å². The molecule has 9 heteroatoms. The lowest BCUT2D eigenvalue weighted by molar-refractivity contribution is -0.141. The molecule has 0 aliphatic carbocycles. The monoisotopic (exact) mass is 382 g/mol. The summed E-state index contributed by atoms with van der Waals surface area (Å²) in [4.78, 5) is 35.5. The molecule has 0 radical (unpaired) electrons. The average molecular weight is 382 g/mol. The Morgan fingerprint density at radius 1 is 1.27 bits per heavy atom. The van der Waals surface area contributed by atoms with Gasteiger partial charge in [-0.15, -0.1) is 0 Å². The summed E-state index contributed by atoms with van der Waals surface area (Å²) in [6, 6.07) is 3.30. The minimum absolute atomic E-state index is 0.0321. The first-order valence-corrected chi connectivity index (χ1v) is 9.79. The van der Waals surface area contributed by atoms with Crippen molar-refractivity contribution in [2.45, 2.75) is 44.6 Å². The molecule has 1 atom stereocenters. The first kappa shape index (κ1) is 19.9. The molecule has 0 bridgehead atoms. The van der Waals surface area contributed by atoms with Crippen LogP contribution in [0.2, 0.25) is 0 Å². The highest BCUT2D eigenvalue weighted by Crippen LogP contribution is 2.32. The summed E-state index contributed by atoms with van der Waals surface area (Å²) in [5, 5.41) is 11.6. The van der Waals surface area contributed by atoms with Gasteiger partial charge < -0.3 is 10.4 Å². The number of sulfonamides is 1. The van der Waals surface area contributed by atoms with Crippen molar-refractivity contribution in [1.29, 1.82) is 0 Å². The number of rotatable bonds is 7. The Labute approximate surface area is 152 Å². The summed E-state index contributed by atoms with van der Waals surface area (Å²) >= 11 is 0. The molecule has 1 aromatic rings. The van der Waals surface area contributed by atoms with Crippen molar-refractivity contribution in [1.82, 2.24) is 9.62 Å². The molecule has 1 heterocycles. The molecule has 1 unspecified atom stereocenters. The number of benzene rings is 1. The van der Waals surface area contributed by atoms with Gasteiger partial charge in [0.1, 0.15) is 4.90 Å². The smallest absolute Gasteiger partial charge is 0.308 e. The van der Waals surface area contributed by atoms with Gasteiger partial charge in [0.05, 0.1) is 11.5 Å². The highest BCUT2D eigenvalue weighted by Gasteiger charge is 2.42.